The summed E-state index contributed by atoms with van der Waals surface area (Å²) in [4.78, 5) is 12.3. The number of rotatable bonds is 5. The molecule has 0 radical (unpaired) electrons. The van der Waals surface area contributed by atoms with E-state index in [1.54, 1.807) is 30.5 Å². The number of aromatic nitrogens is 1. The first-order chi connectivity index (χ1) is 14.1. The van der Waals surface area contributed by atoms with Crippen LogP contribution in [0.3, 0.4) is 0 Å². The third-order valence-corrected chi connectivity index (χ3v) is 5.62. The molecule has 4 aromatic rings. The highest BCUT2D eigenvalue weighted by Crippen LogP contribution is 2.21. The molecule has 1 heterocycles. The molecule has 0 aliphatic carbocycles. The normalized spacial score (nSPS) is 11.2. The quantitative estimate of drug-likeness (QED) is 0.207. The molecular formula is C23H17ClIN3O. The molecule has 1 aromatic heterocycles. The zero-order valence-corrected chi connectivity index (χ0v) is 18.3. The fourth-order valence-electron chi connectivity index (χ4n) is 3.16. The lowest BCUT2D eigenvalue weighted by Gasteiger charge is -2.05. The van der Waals surface area contributed by atoms with Crippen LogP contribution in [0, 0.1) is 3.57 Å². The molecule has 0 bridgehead atoms. The smallest absolute Gasteiger partial charge is 0.272 e. The van der Waals surface area contributed by atoms with Crippen LogP contribution in [0.2, 0.25) is 5.02 Å². The van der Waals surface area contributed by atoms with E-state index in [0.29, 0.717) is 10.6 Å². The number of para-hydroxylation sites is 1. The van der Waals surface area contributed by atoms with Crippen molar-refractivity contribution in [1.82, 2.24) is 9.99 Å². The first-order valence-electron chi connectivity index (χ1n) is 9.02. The monoisotopic (exact) mass is 513 g/mol. The van der Waals surface area contributed by atoms with Crippen molar-refractivity contribution in [2.45, 2.75) is 6.54 Å². The fraction of sp³-hybridized carbons (Fsp3) is 0.0435. The Balaban J connectivity index is 1.57. The molecule has 4 nitrogen and oxygen atoms in total. The van der Waals surface area contributed by atoms with Crippen molar-refractivity contribution < 1.29 is 4.79 Å². The summed E-state index contributed by atoms with van der Waals surface area (Å²) in [5.41, 5.74) is 6.23. The molecule has 0 aliphatic rings. The molecule has 0 atom stereocenters. The number of amides is 1. The Morgan fingerprint density at radius 2 is 1.76 bits per heavy atom. The molecule has 0 fully saturated rings. The van der Waals surface area contributed by atoms with E-state index in [0.717, 1.165) is 23.0 Å². The second-order valence-corrected chi connectivity index (χ2v) is 8.19. The number of halogens is 2. The Morgan fingerprint density at radius 3 is 2.55 bits per heavy atom. The van der Waals surface area contributed by atoms with Crippen LogP contribution in [0.15, 0.2) is 84.1 Å². The Bertz CT molecular complexity index is 1200. The van der Waals surface area contributed by atoms with Crippen LogP contribution in [0.4, 0.5) is 0 Å². The predicted octanol–water partition coefficient (Wildman–Crippen LogP) is 5.71. The Hall–Kier alpha value is -2.64. The van der Waals surface area contributed by atoms with Gasteiger partial charge in [0.1, 0.15) is 0 Å². The van der Waals surface area contributed by atoms with Crippen LogP contribution >= 0.6 is 34.2 Å². The van der Waals surface area contributed by atoms with Gasteiger partial charge >= 0.3 is 0 Å². The number of carbonyl (C=O) groups excluding carboxylic acids is 1. The Labute approximate surface area is 187 Å². The van der Waals surface area contributed by atoms with Crippen molar-refractivity contribution in [3.05, 3.63) is 104 Å². The largest absolute Gasteiger partial charge is 0.342 e. The first-order valence-corrected chi connectivity index (χ1v) is 10.5. The highest BCUT2D eigenvalue weighted by molar-refractivity contribution is 14.1. The van der Waals surface area contributed by atoms with Gasteiger partial charge in [-0.15, -0.1) is 0 Å². The molecular weight excluding hydrogens is 497 g/mol. The van der Waals surface area contributed by atoms with E-state index in [1.807, 2.05) is 18.3 Å². The van der Waals surface area contributed by atoms with Crippen LogP contribution in [-0.4, -0.2) is 16.7 Å². The van der Waals surface area contributed by atoms with Gasteiger partial charge in [0, 0.05) is 32.8 Å². The molecule has 0 spiro atoms. The van der Waals surface area contributed by atoms with Gasteiger partial charge in [-0.25, -0.2) is 5.43 Å². The van der Waals surface area contributed by atoms with E-state index >= 15 is 0 Å². The number of benzene rings is 3. The maximum absolute atomic E-state index is 12.3. The highest BCUT2D eigenvalue weighted by atomic mass is 127. The number of nitrogens with zero attached hydrogens (tertiary/aromatic N) is 2. The summed E-state index contributed by atoms with van der Waals surface area (Å²) in [5.74, 6) is -0.338. The predicted molar refractivity (Wildman–Crippen MR) is 127 cm³/mol. The van der Waals surface area contributed by atoms with Gasteiger partial charge in [-0.2, -0.15) is 5.10 Å². The zero-order valence-electron chi connectivity index (χ0n) is 15.3. The number of hydrazone groups is 1. The van der Waals surface area contributed by atoms with Crippen LogP contribution in [0.1, 0.15) is 21.5 Å². The summed E-state index contributed by atoms with van der Waals surface area (Å²) < 4.78 is 3.40. The van der Waals surface area contributed by atoms with E-state index in [-0.39, 0.29) is 5.91 Å². The van der Waals surface area contributed by atoms with Crippen molar-refractivity contribution in [3.8, 4) is 0 Å². The molecule has 4 rings (SSSR count). The molecule has 0 aliphatic heterocycles. The van der Waals surface area contributed by atoms with Gasteiger partial charge in [0.15, 0.2) is 0 Å². The number of fused-ring (bicyclic) bond motifs is 1. The minimum Gasteiger partial charge on any atom is -0.342 e. The third kappa shape index (κ3) is 4.52. The Morgan fingerprint density at radius 1 is 1.03 bits per heavy atom. The standard InChI is InChI=1S/C23H17ClIN3O/c24-21-7-3-1-6-20(21)23(29)27-26-13-17-15-28(22-8-4-2-5-19(17)22)14-16-9-11-18(25)12-10-16/h1-13,15H,14H2,(H,27,29)/b26-13-. The Kier molecular flexibility index (Phi) is 5.97. The van der Waals surface area contributed by atoms with Crippen molar-refractivity contribution in [2.75, 3.05) is 0 Å². The second kappa shape index (κ2) is 8.80. The summed E-state index contributed by atoms with van der Waals surface area (Å²) in [6.07, 6.45) is 3.72. The van der Waals surface area contributed by atoms with Gasteiger partial charge in [0.25, 0.3) is 5.91 Å². The van der Waals surface area contributed by atoms with E-state index < -0.39 is 0 Å². The molecule has 3 aromatic carbocycles. The fourth-order valence-corrected chi connectivity index (χ4v) is 3.74. The van der Waals surface area contributed by atoms with Gasteiger partial charge < -0.3 is 4.57 Å². The summed E-state index contributed by atoms with van der Waals surface area (Å²) in [5, 5.41) is 5.62. The van der Waals surface area contributed by atoms with Crippen molar-refractivity contribution in [1.29, 1.82) is 0 Å². The van der Waals surface area contributed by atoms with Crippen LogP contribution < -0.4 is 5.43 Å². The van der Waals surface area contributed by atoms with Gasteiger partial charge in [-0.05, 0) is 58.5 Å². The lowest BCUT2D eigenvalue weighted by Crippen LogP contribution is -2.17. The van der Waals surface area contributed by atoms with E-state index in [1.165, 1.54) is 9.13 Å². The van der Waals surface area contributed by atoms with Crippen LogP contribution in [-0.2, 0) is 6.54 Å². The second-order valence-electron chi connectivity index (χ2n) is 6.53. The topological polar surface area (TPSA) is 46.4 Å². The van der Waals surface area contributed by atoms with Gasteiger partial charge in [0.05, 0.1) is 16.8 Å². The number of hydrogen-bond acceptors (Lipinski definition) is 2. The average Bonchev–Trinajstić information content (AvgIpc) is 3.08. The van der Waals surface area contributed by atoms with E-state index in [9.17, 15) is 4.79 Å². The summed E-state index contributed by atoms with van der Waals surface area (Å²) in [6, 6.07) is 23.5. The summed E-state index contributed by atoms with van der Waals surface area (Å²) in [7, 11) is 0. The van der Waals surface area contributed by atoms with Crippen molar-refractivity contribution in [3.63, 3.8) is 0 Å². The lowest BCUT2D eigenvalue weighted by atomic mass is 10.2. The molecule has 144 valence electrons. The first kappa shape index (κ1) is 19.7. The minimum absolute atomic E-state index is 0.338. The maximum atomic E-state index is 12.3. The lowest BCUT2D eigenvalue weighted by molar-refractivity contribution is 0.0955. The molecule has 29 heavy (non-hydrogen) atoms. The molecule has 0 unspecified atom stereocenters. The van der Waals surface area contributed by atoms with E-state index in [2.05, 4.69) is 74.1 Å². The molecule has 0 saturated carbocycles. The van der Waals surface area contributed by atoms with Gasteiger partial charge in [0.2, 0.25) is 0 Å². The molecule has 6 heteroatoms. The minimum atomic E-state index is -0.338. The van der Waals surface area contributed by atoms with Crippen LogP contribution in [0.5, 0.6) is 0 Å². The molecule has 1 amide bonds. The molecule has 1 N–H and O–H groups in total. The van der Waals surface area contributed by atoms with Gasteiger partial charge in [-0.3, -0.25) is 4.79 Å². The zero-order chi connectivity index (χ0) is 20.2. The summed E-state index contributed by atoms with van der Waals surface area (Å²) >= 11 is 8.37. The summed E-state index contributed by atoms with van der Waals surface area (Å²) in [6.45, 7) is 0.761. The number of nitrogens with one attached hydrogen (secondary N) is 1. The SMILES string of the molecule is O=C(N/N=C\c1cn(Cc2ccc(I)cc2)c2ccccc12)c1ccccc1Cl. The average molecular weight is 514 g/mol. The highest BCUT2D eigenvalue weighted by Gasteiger charge is 2.09. The van der Waals surface area contributed by atoms with Crippen LogP contribution in [0.25, 0.3) is 10.9 Å². The maximum Gasteiger partial charge on any atom is 0.272 e. The van der Waals surface area contributed by atoms with E-state index in [4.69, 9.17) is 11.6 Å². The van der Waals surface area contributed by atoms with Crippen molar-refractivity contribution >= 4 is 57.2 Å². The van der Waals surface area contributed by atoms with Gasteiger partial charge in [-0.1, -0.05) is 54.1 Å². The molecule has 0 saturated heterocycles. The third-order valence-electron chi connectivity index (χ3n) is 4.57. The number of carbonyl (C=O) groups is 1. The number of hydrogen-bond donors (Lipinski definition) is 1. The van der Waals surface area contributed by atoms with Crippen molar-refractivity contribution in [2.24, 2.45) is 5.10 Å².